The van der Waals surface area contributed by atoms with Crippen LogP contribution in [-0.2, 0) is 0 Å². The summed E-state index contributed by atoms with van der Waals surface area (Å²) in [6.07, 6.45) is 2.02. The van der Waals surface area contributed by atoms with E-state index < -0.39 is 6.10 Å². The second-order valence-corrected chi connectivity index (χ2v) is 3.61. The molecule has 2 nitrogen and oxygen atoms in total. The minimum atomic E-state index is -0.404. The maximum atomic E-state index is 12.8. The Morgan fingerprint density at radius 3 is 2.86 bits per heavy atom. The maximum absolute atomic E-state index is 12.8. The highest BCUT2D eigenvalue weighted by molar-refractivity contribution is 5.22. The second-order valence-electron chi connectivity index (χ2n) is 3.61. The van der Waals surface area contributed by atoms with E-state index in [0.717, 1.165) is 19.3 Å². The van der Waals surface area contributed by atoms with Crippen LogP contribution in [-0.4, -0.2) is 17.3 Å². The highest BCUT2D eigenvalue weighted by Crippen LogP contribution is 2.24. The van der Waals surface area contributed by atoms with Gasteiger partial charge in [-0.15, -0.1) is 0 Å². The molecule has 0 amide bonds. The molecule has 0 saturated heterocycles. The fourth-order valence-corrected chi connectivity index (χ4v) is 1.76. The molecule has 1 N–H and O–H groups in total. The lowest BCUT2D eigenvalue weighted by Gasteiger charge is -2.16. The van der Waals surface area contributed by atoms with Gasteiger partial charge in [0.25, 0.3) is 0 Å². The van der Waals surface area contributed by atoms with Crippen molar-refractivity contribution in [2.24, 2.45) is 0 Å². The normalized spacial score (nSPS) is 26.4. The summed E-state index contributed by atoms with van der Waals surface area (Å²) in [5, 5.41) is 9.50. The van der Waals surface area contributed by atoms with Gasteiger partial charge in [-0.05, 0) is 31.4 Å². The fourth-order valence-electron chi connectivity index (χ4n) is 1.76. The van der Waals surface area contributed by atoms with Crippen LogP contribution in [0.1, 0.15) is 19.3 Å². The lowest BCUT2D eigenvalue weighted by atomic mass is 10.2. The van der Waals surface area contributed by atoms with Crippen molar-refractivity contribution in [2.75, 3.05) is 0 Å². The number of aliphatic hydroxyl groups excluding tert-OH is 1. The van der Waals surface area contributed by atoms with Crippen LogP contribution in [0, 0.1) is 5.82 Å². The van der Waals surface area contributed by atoms with Gasteiger partial charge in [-0.2, -0.15) is 0 Å². The molecule has 14 heavy (non-hydrogen) atoms. The summed E-state index contributed by atoms with van der Waals surface area (Å²) >= 11 is 0. The monoisotopic (exact) mass is 196 g/mol. The third-order valence-electron chi connectivity index (χ3n) is 2.50. The number of hydrogen-bond donors (Lipinski definition) is 1. The van der Waals surface area contributed by atoms with Crippen LogP contribution in [0.5, 0.6) is 5.75 Å². The summed E-state index contributed by atoms with van der Waals surface area (Å²) in [5.74, 6) is 0.186. The molecule has 1 aliphatic rings. The zero-order chi connectivity index (χ0) is 9.97. The molecule has 0 heterocycles. The Balaban J connectivity index is 2.03. The van der Waals surface area contributed by atoms with E-state index in [4.69, 9.17) is 4.74 Å². The molecular weight excluding hydrogens is 183 g/mol. The average molecular weight is 196 g/mol. The zero-order valence-corrected chi connectivity index (χ0v) is 7.82. The number of halogens is 1. The van der Waals surface area contributed by atoms with Crippen molar-refractivity contribution in [2.45, 2.75) is 31.5 Å². The Kier molecular flexibility index (Phi) is 2.68. The van der Waals surface area contributed by atoms with Crippen LogP contribution >= 0.6 is 0 Å². The van der Waals surface area contributed by atoms with Crippen molar-refractivity contribution in [3.8, 4) is 5.75 Å². The van der Waals surface area contributed by atoms with Crippen LogP contribution in [0.2, 0.25) is 0 Å². The Hall–Kier alpha value is -1.09. The van der Waals surface area contributed by atoms with Crippen molar-refractivity contribution >= 4 is 0 Å². The second kappa shape index (κ2) is 3.96. The lowest BCUT2D eigenvalue weighted by Crippen LogP contribution is -2.25. The minimum absolute atomic E-state index is 0.170. The van der Waals surface area contributed by atoms with E-state index in [1.54, 1.807) is 12.1 Å². The van der Waals surface area contributed by atoms with E-state index in [2.05, 4.69) is 0 Å². The van der Waals surface area contributed by atoms with Crippen LogP contribution < -0.4 is 4.74 Å². The Labute approximate surface area is 82.3 Å². The van der Waals surface area contributed by atoms with Crippen LogP contribution in [0.3, 0.4) is 0 Å². The van der Waals surface area contributed by atoms with E-state index in [9.17, 15) is 9.50 Å². The molecule has 0 radical (unpaired) electrons. The van der Waals surface area contributed by atoms with Gasteiger partial charge in [0.2, 0.25) is 0 Å². The van der Waals surface area contributed by atoms with Crippen molar-refractivity contribution in [1.29, 1.82) is 0 Å². The molecule has 2 atom stereocenters. The van der Waals surface area contributed by atoms with Gasteiger partial charge in [0.1, 0.15) is 17.7 Å². The molecule has 1 aromatic carbocycles. The van der Waals surface area contributed by atoms with Crippen LogP contribution in [0.4, 0.5) is 4.39 Å². The zero-order valence-electron chi connectivity index (χ0n) is 7.82. The molecular formula is C11H13FO2. The molecule has 0 bridgehead atoms. The standard InChI is InChI=1S/C11H13FO2/c12-8-3-1-4-9(7-8)14-11-6-2-5-10(11)13/h1,3-4,7,10-11,13H,2,5-6H2. The highest BCUT2D eigenvalue weighted by atomic mass is 19.1. The SMILES string of the molecule is OC1CCCC1Oc1cccc(F)c1. The molecule has 1 saturated carbocycles. The number of ether oxygens (including phenoxy) is 1. The van der Waals surface area contributed by atoms with Gasteiger partial charge >= 0.3 is 0 Å². The van der Waals surface area contributed by atoms with Crippen molar-refractivity contribution in [1.82, 2.24) is 0 Å². The van der Waals surface area contributed by atoms with Crippen LogP contribution in [0.25, 0.3) is 0 Å². The van der Waals surface area contributed by atoms with Gasteiger partial charge < -0.3 is 9.84 Å². The first kappa shape index (κ1) is 9.46. The number of aliphatic hydroxyl groups is 1. The molecule has 0 aliphatic heterocycles. The first-order valence-corrected chi connectivity index (χ1v) is 4.86. The smallest absolute Gasteiger partial charge is 0.126 e. The molecule has 1 fully saturated rings. The van der Waals surface area contributed by atoms with E-state index >= 15 is 0 Å². The first-order chi connectivity index (χ1) is 6.75. The van der Waals surface area contributed by atoms with E-state index in [0.29, 0.717) is 5.75 Å². The third kappa shape index (κ3) is 2.04. The van der Waals surface area contributed by atoms with Gasteiger partial charge in [0.15, 0.2) is 0 Å². The Morgan fingerprint density at radius 1 is 1.36 bits per heavy atom. The molecule has 0 aromatic heterocycles. The largest absolute Gasteiger partial charge is 0.488 e. The molecule has 2 unspecified atom stereocenters. The maximum Gasteiger partial charge on any atom is 0.126 e. The molecule has 76 valence electrons. The fraction of sp³-hybridized carbons (Fsp3) is 0.455. The summed E-state index contributed by atoms with van der Waals surface area (Å²) in [7, 11) is 0. The Bertz CT molecular complexity index is 314. The summed E-state index contributed by atoms with van der Waals surface area (Å²) in [6.45, 7) is 0. The summed E-state index contributed by atoms with van der Waals surface area (Å²) in [5.41, 5.74) is 0. The predicted octanol–water partition coefficient (Wildman–Crippen LogP) is 2.12. The van der Waals surface area contributed by atoms with Gasteiger partial charge in [0.05, 0.1) is 6.10 Å². The molecule has 2 rings (SSSR count). The summed E-state index contributed by atoms with van der Waals surface area (Å²) in [6, 6.07) is 6.02. The Morgan fingerprint density at radius 2 is 2.21 bits per heavy atom. The van der Waals surface area contributed by atoms with Gasteiger partial charge in [-0.25, -0.2) is 4.39 Å². The van der Waals surface area contributed by atoms with Gasteiger partial charge in [-0.1, -0.05) is 6.07 Å². The summed E-state index contributed by atoms with van der Waals surface area (Å²) < 4.78 is 18.3. The quantitative estimate of drug-likeness (QED) is 0.785. The molecule has 3 heteroatoms. The predicted molar refractivity (Wildman–Crippen MR) is 50.7 cm³/mol. The van der Waals surface area contributed by atoms with E-state index in [1.807, 2.05) is 0 Å². The summed E-state index contributed by atoms with van der Waals surface area (Å²) in [4.78, 5) is 0. The first-order valence-electron chi connectivity index (χ1n) is 4.86. The number of rotatable bonds is 2. The van der Waals surface area contributed by atoms with Crippen molar-refractivity contribution in [3.05, 3.63) is 30.1 Å². The average Bonchev–Trinajstić information content (AvgIpc) is 2.52. The molecule has 1 aliphatic carbocycles. The van der Waals surface area contributed by atoms with E-state index in [-0.39, 0.29) is 11.9 Å². The van der Waals surface area contributed by atoms with Gasteiger partial charge in [0, 0.05) is 6.07 Å². The highest BCUT2D eigenvalue weighted by Gasteiger charge is 2.26. The van der Waals surface area contributed by atoms with Gasteiger partial charge in [-0.3, -0.25) is 0 Å². The van der Waals surface area contributed by atoms with Crippen LogP contribution in [0.15, 0.2) is 24.3 Å². The van der Waals surface area contributed by atoms with E-state index in [1.165, 1.54) is 12.1 Å². The topological polar surface area (TPSA) is 29.5 Å². The lowest BCUT2D eigenvalue weighted by molar-refractivity contribution is 0.0602. The molecule has 0 spiro atoms. The molecule has 1 aromatic rings. The number of hydrogen-bond acceptors (Lipinski definition) is 2. The number of benzene rings is 1. The minimum Gasteiger partial charge on any atom is -0.488 e. The van der Waals surface area contributed by atoms with Crippen molar-refractivity contribution in [3.63, 3.8) is 0 Å². The third-order valence-corrected chi connectivity index (χ3v) is 2.50. The van der Waals surface area contributed by atoms with Crippen molar-refractivity contribution < 1.29 is 14.2 Å².